The highest BCUT2D eigenvalue weighted by atomic mass is 35.5. The first-order valence-corrected chi connectivity index (χ1v) is 9.99. The number of halogens is 2. The van der Waals surface area contributed by atoms with E-state index in [2.05, 4.69) is 12.2 Å². The maximum Gasteiger partial charge on any atom is 0.257 e. The molecule has 1 amide bonds. The molecule has 0 fully saturated rings. The Morgan fingerprint density at radius 2 is 1.80 bits per heavy atom. The molecule has 0 atom stereocenters. The van der Waals surface area contributed by atoms with E-state index in [1.54, 1.807) is 17.8 Å². The van der Waals surface area contributed by atoms with Gasteiger partial charge < -0.3 is 10.1 Å². The van der Waals surface area contributed by atoms with Gasteiger partial charge in [0.2, 0.25) is 0 Å². The lowest BCUT2D eigenvalue weighted by Gasteiger charge is -2.08. The average molecular weight is 398 g/mol. The van der Waals surface area contributed by atoms with Crippen LogP contribution in [0, 0.1) is 0 Å². The highest BCUT2D eigenvalue weighted by molar-refractivity contribution is 7.98. The molecule has 0 heterocycles. The summed E-state index contributed by atoms with van der Waals surface area (Å²) in [6.45, 7) is 2.73. The van der Waals surface area contributed by atoms with E-state index in [0.717, 1.165) is 23.5 Å². The van der Waals surface area contributed by atoms with E-state index in [9.17, 15) is 4.79 Å². The van der Waals surface area contributed by atoms with Crippen molar-refractivity contribution in [2.75, 3.05) is 18.9 Å². The van der Waals surface area contributed by atoms with Crippen molar-refractivity contribution in [3.63, 3.8) is 0 Å². The first kappa shape index (κ1) is 20.0. The average Bonchev–Trinajstić information content (AvgIpc) is 2.63. The molecule has 0 aliphatic heterocycles. The van der Waals surface area contributed by atoms with Crippen LogP contribution in [0.2, 0.25) is 10.0 Å². The smallest absolute Gasteiger partial charge is 0.257 e. The molecule has 3 nitrogen and oxygen atoms in total. The van der Waals surface area contributed by atoms with Gasteiger partial charge in [-0.05, 0) is 41.8 Å². The molecular formula is C19H21Cl2NO2S. The lowest BCUT2D eigenvalue weighted by molar-refractivity contribution is -0.122. The molecule has 0 bridgehead atoms. The number of ether oxygens (including phenoxy) is 1. The van der Waals surface area contributed by atoms with Crippen LogP contribution in [0.15, 0.2) is 42.5 Å². The minimum Gasteiger partial charge on any atom is -0.484 e. The molecule has 0 spiro atoms. The summed E-state index contributed by atoms with van der Waals surface area (Å²) in [6, 6.07) is 13.4. The maximum absolute atomic E-state index is 11.8. The van der Waals surface area contributed by atoms with E-state index in [1.807, 2.05) is 36.4 Å². The zero-order valence-electron chi connectivity index (χ0n) is 14.1. The summed E-state index contributed by atoms with van der Waals surface area (Å²) < 4.78 is 5.47. The van der Waals surface area contributed by atoms with Crippen molar-refractivity contribution in [2.24, 2.45) is 0 Å². The Morgan fingerprint density at radius 1 is 1.08 bits per heavy atom. The second kappa shape index (κ2) is 10.6. The van der Waals surface area contributed by atoms with Gasteiger partial charge in [0.05, 0.1) is 10.0 Å². The van der Waals surface area contributed by atoms with E-state index < -0.39 is 0 Å². The summed E-state index contributed by atoms with van der Waals surface area (Å²) in [6.07, 6.45) is 0.987. The fraction of sp³-hybridized carbons (Fsp3) is 0.316. The summed E-state index contributed by atoms with van der Waals surface area (Å²) in [5.41, 5.74) is 2.36. The maximum atomic E-state index is 11.8. The molecular weight excluding hydrogens is 377 g/mol. The first-order valence-electron chi connectivity index (χ1n) is 8.08. The van der Waals surface area contributed by atoms with Gasteiger partial charge >= 0.3 is 0 Å². The van der Waals surface area contributed by atoms with Gasteiger partial charge in [-0.2, -0.15) is 11.8 Å². The third kappa shape index (κ3) is 7.18. The largest absolute Gasteiger partial charge is 0.484 e. The Balaban J connectivity index is 1.59. The molecule has 0 aliphatic carbocycles. The summed E-state index contributed by atoms with van der Waals surface area (Å²) in [5.74, 6) is 2.24. The number of rotatable bonds is 9. The van der Waals surface area contributed by atoms with Gasteiger partial charge in [-0.3, -0.25) is 4.79 Å². The van der Waals surface area contributed by atoms with E-state index >= 15 is 0 Å². The molecule has 0 saturated carbocycles. The Bertz CT molecular complexity index is 692. The number of carbonyl (C=O) groups is 1. The monoisotopic (exact) mass is 397 g/mol. The van der Waals surface area contributed by atoms with Gasteiger partial charge in [0.25, 0.3) is 5.91 Å². The van der Waals surface area contributed by atoms with Crippen LogP contribution in [0.5, 0.6) is 5.75 Å². The van der Waals surface area contributed by atoms with Crippen molar-refractivity contribution in [2.45, 2.75) is 19.1 Å². The Hall–Kier alpha value is -1.36. The number of hydrogen-bond acceptors (Lipinski definition) is 3. The van der Waals surface area contributed by atoms with Crippen LogP contribution in [0.4, 0.5) is 0 Å². The third-order valence-electron chi connectivity index (χ3n) is 3.52. The molecule has 2 aromatic rings. The van der Waals surface area contributed by atoms with Crippen molar-refractivity contribution in [1.29, 1.82) is 0 Å². The minimum absolute atomic E-state index is 0.0307. The molecule has 134 valence electrons. The van der Waals surface area contributed by atoms with Gasteiger partial charge in [-0.25, -0.2) is 0 Å². The lowest BCUT2D eigenvalue weighted by Crippen LogP contribution is -2.30. The highest BCUT2D eigenvalue weighted by Gasteiger charge is 2.03. The van der Waals surface area contributed by atoms with Crippen LogP contribution in [0.25, 0.3) is 0 Å². The van der Waals surface area contributed by atoms with E-state index in [4.69, 9.17) is 27.9 Å². The van der Waals surface area contributed by atoms with Crippen LogP contribution in [0.1, 0.15) is 18.1 Å². The second-order valence-corrected chi connectivity index (χ2v) is 7.36. The molecule has 0 aliphatic rings. The summed E-state index contributed by atoms with van der Waals surface area (Å²) in [4.78, 5) is 11.8. The molecule has 0 aromatic heterocycles. The number of thioether (sulfide) groups is 1. The lowest BCUT2D eigenvalue weighted by atomic mass is 10.2. The van der Waals surface area contributed by atoms with Crippen molar-refractivity contribution in [3.8, 4) is 5.75 Å². The summed E-state index contributed by atoms with van der Waals surface area (Å²) in [5, 5.41) is 3.98. The number of benzene rings is 2. The third-order valence-corrected chi connectivity index (χ3v) is 5.29. The standard InChI is InChI=1S/C19H21Cl2NO2S/c1-2-14-3-6-16(7-4-14)24-12-19(23)22-9-10-25-13-15-5-8-17(20)18(21)11-15/h3-8,11H,2,9-10,12-13H2,1H3,(H,22,23). The first-order chi connectivity index (χ1) is 12.1. The van der Waals surface area contributed by atoms with Gasteiger partial charge in [-0.1, -0.05) is 48.3 Å². The summed E-state index contributed by atoms with van der Waals surface area (Å²) >= 11 is 13.6. The number of aryl methyl sites for hydroxylation is 1. The van der Waals surface area contributed by atoms with Crippen molar-refractivity contribution in [3.05, 3.63) is 63.6 Å². The van der Waals surface area contributed by atoms with Gasteiger partial charge in [-0.15, -0.1) is 0 Å². The normalized spacial score (nSPS) is 10.5. The molecule has 6 heteroatoms. The molecule has 25 heavy (non-hydrogen) atoms. The van der Waals surface area contributed by atoms with Crippen LogP contribution < -0.4 is 10.1 Å². The zero-order valence-corrected chi connectivity index (χ0v) is 16.4. The predicted molar refractivity (Wildman–Crippen MR) is 107 cm³/mol. The molecule has 0 unspecified atom stereocenters. The predicted octanol–water partition coefficient (Wildman–Crippen LogP) is 4.98. The van der Waals surface area contributed by atoms with Gasteiger partial charge in [0.15, 0.2) is 6.61 Å². The van der Waals surface area contributed by atoms with Crippen molar-refractivity contribution in [1.82, 2.24) is 5.32 Å². The number of nitrogens with one attached hydrogen (secondary N) is 1. The Morgan fingerprint density at radius 3 is 2.48 bits per heavy atom. The fourth-order valence-electron chi connectivity index (χ4n) is 2.10. The van der Waals surface area contributed by atoms with E-state index in [0.29, 0.717) is 22.3 Å². The second-order valence-electron chi connectivity index (χ2n) is 5.44. The van der Waals surface area contributed by atoms with Crippen LogP contribution in [-0.2, 0) is 17.0 Å². The van der Waals surface area contributed by atoms with Crippen molar-refractivity contribution >= 4 is 40.9 Å². The quantitative estimate of drug-likeness (QED) is 0.605. The number of carbonyl (C=O) groups excluding carboxylic acids is 1. The summed E-state index contributed by atoms with van der Waals surface area (Å²) in [7, 11) is 0. The van der Waals surface area contributed by atoms with E-state index in [1.165, 1.54) is 5.56 Å². The van der Waals surface area contributed by atoms with Crippen LogP contribution in [-0.4, -0.2) is 24.8 Å². The molecule has 2 rings (SSSR count). The highest BCUT2D eigenvalue weighted by Crippen LogP contribution is 2.24. The number of hydrogen-bond donors (Lipinski definition) is 1. The van der Waals surface area contributed by atoms with Gasteiger partial charge in [0, 0.05) is 18.1 Å². The Kier molecular flexibility index (Phi) is 8.45. The zero-order chi connectivity index (χ0) is 18.1. The molecule has 2 aromatic carbocycles. The van der Waals surface area contributed by atoms with Gasteiger partial charge in [0.1, 0.15) is 5.75 Å². The van der Waals surface area contributed by atoms with E-state index in [-0.39, 0.29) is 12.5 Å². The van der Waals surface area contributed by atoms with Crippen molar-refractivity contribution < 1.29 is 9.53 Å². The number of amides is 1. The Labute approximate surface area is 163 Å². The SMILES string of the molecule is CCc1ccc(OCC(=O)NCCSCc2ccc(Cl)c(Cl)c2)cc1. The molecule has 0 saturated heterocycles. The molecule has 0 radical (unpaired) electrons. The fourth-order valence-corrected chi connectivity index (χ4v) is 3.23. The van der Waals surface area contributed by atoms with Crippen LogP contribution in [0.3, 0.4) is 0 Å². The topological polar surface area (TPSA) is 38.3 Å². The molecule has 1 N–H and O–H groups in total. The minimum atomic E-state index is -0.116. The van der Waals surface area contributed by atoms with Crippen LogP contribution >= 0.6 is 35.0 Å².